The Morgan fingerprint density at radius 3 is 2.77 bits per heavy atom. The molecule has 2 nitrogen and oxygen atoms in total. The van der Waals surface area contributed by atoms with Gasteiger partial charge in [0.15, 0.2) is 0 Å². The number of allylic oxidation sites excluding steroid dienone is 1. The Hall–Kier alpha value is -0.760. The average molecular weight is 179 g/mol. The molecule has 72 valence electrons. The van der Waals surface area contributed by atoms with Crippen LogP contribution in [0, 0.1) is 0 Å². The first-order valence-corrected chi connectivity index (χ1v) is 5.14. The Morgan fingerprint density at radius 1 is 1.23 bits per heavy atom. The van der Waals surface area contributed by atoms with E-state index >= 15 is 0 Å². The van der Waals surface area contributed by atoms with Crippen molar-refractivity contribution in [2.24, 2.45) is 0 Å². The lowest BCUT2D eigenvalue weighted by Crippen LogP contribution is -2.35. The number of rotatable bonds is 3. The van der Waals surface area contributed by atoms with E-state index in [1.807, 2.05) is 6.26 Å². The highest BCUT2D eigenvalue weighted by molar-refractivity contribution is 4.98. The lowest BCUT2D eigenvalue weighted by Gasteiger charge is -2.21. The second-order valence-corrected chi connectivity index (χ2v) is 3.76. The van der Waals surface area contributed by atoms with Gasteiger partial charge in [-0.05, 0) is 31.8 Å². The van der Waals surface area contributed by atoms with Crippen LogP contribution in [0.5, 0.6) is 0 Å². The Morgan fingerprint density at radius 2 is 2.08 bits per heavy atom. The van der Waals surface area contributed by atoms with E-state index in [0.717, 1.165) is 19.4 Å². The predicted octanol–water partition coefficient (Wildman–Crippen LogP) is 1.99. The lowest BCUT2D eigenvalue weighted by molar-refractivity contribution is 0.119. The summed E-state index contributed by atoms with van der Waals surface area (Å²) in [5.74, 6) is 0. The first-order chi connectivity index (χ1) is 6.45. The van der Waals surface area contributed by atoms with Gasteiger partial charge in [0.25, 0.3) is 0 Å². The third kappa shape index (κ3) is 2.59. The van der Waals surface area contributed by atoms with Crippen molar-refractivity contribution in [2.45, 2.75) is 37.8 Å². The van der Waals surface area contributed by atoms with Crippen LogP contribution in [0.2, 0.25) is 0 Å². The Labute approximate surface area is 79.7 Å². The number of nitrogens with one attached hydrogen (secondary N) is 1. The zero-order valence-corrected chi connectivity index (χ0v) is 7.91. The maximum absolute atomic E-state index is 5.47. The molecule has 0 amide bonds. The molecule has 0 bridgehead atoms. The van der Waals surface area contributed by atoms with Crippen molar-refractivity contribution < 1.29 is 4.74 Å². The van der Waals surface area contributed by atoms with Crippen LogP contribution in [-0.4, -0.2) is 18.7 Å². The van der Waals surface area contributed by atoms with E-state index < -0.39 is 0 Å². The van der Waals surface area contributed by atoms with Gasteiger partial charge in [-0.1, -0.05) is 12.2 Å². The quantitative estimate of drug-likeness (QED) is 0.669. The SMILES string of the molecule is C1=COC(CNC2CC=CC2)CC1. The standard InChI is InChI=1S/C11H17NO/c1-2-6-10(5-1)12-9-11-7-3-4-8-13-11/h1-2,4,8,10-12H,3,5-7,9H2. The second kappa shape index (κ2) is 4.47. The second-order valence-electron chi connectivity index (χ2n) is 3.76. The minimum absolute atomic E-state index is 0.394. The highest BCUT2D eigenvalue weighted by atomic mass is 16.5. The fourth-order valence-electron chi connectivity index (χ4n) is 1.82. The number of hydrogen-bond donors (Lipinski definition) is 1. The van der Waals surface area contributed by atoms with Gasteiger partial charge < -0.3 is 10.1 Å². The Kier molecular flexibility index (Phi) is 3.03. The van der Waals surface area contributed by atoms with Gasteiger partial charge in [-0.2, -0.15) is 0 Å². The number of hydrogen-bond acceptors (Lipinski definition) is 2. The molecule has 1 atom stereocenters. The van der Waals surface area contributed by atoms with Gasteiger partial charge in [-0.3, -0.25) is 0 Å². The van der Waals surface area contributed by atoms with Crippen LogP contribution >= 0.6 is 0 Å². The van der Waals surface area contributed by atoms with Crippen LogP contribution in [0.3, 0.4) is 0 Å². The maximum atomic E-state index is 5.47. The molecule has 13 heavy (non-hydrogen) atoms. The molecule has 0 saturated heterocycles. The van der Waals surface area contributed by atoms with Crippen molar-refractivity contribution in [3.05, 3.63) is 24.5 Å². The molecule has 2 aliphatic rings. The van der Waals surface area contributed by atoms with Crippen molar-refractivity contribution in [3.8, 4) is 0 Å². The van der Waals surface area contributed by atoms with Gasteiger partial charge in [-0.15, -0.1) is 0 Å². The van der Waals surface area contributed by atoms with Crippen molar-refractivity contribution in [3.63, 3.8) is 0 Å². The molecule has 2 heteroatoms. The van der Waals surface area contributed by atoms with Crippen LogP contribution in [-0.2, 0) is 4.74 Å². The molecule has 1 unspecified atom stereocenters. The van der Waals surface area contributed by atoms with Crippen LogP contribution in [0.15, 0.2) is 24.5 Å². The molecule has 1 N–H and O–H groups in total. The van der Waals surface area contributed by atoms with E-state index in [0.29, 0.717) is 12.1 Å². The van der Waals surface area contributed by atoms with E-state index in [-0.39, 0.29) is 0 Å². The van der Waals surface area contributed by atoms with Gasteiger partial charge >= 0.3 is 0 Å². The van der Waals surface area contributed by atoms with Crippen molar-refractivity contribution >= 4 is 0 Å². The molecule has 1 aliphatic carbocycles. The molecule has 1 aliphatic heterocycles. The molecule has 0 fully saturated rings. The Bertz CT molecular complexity index is 202. The van der Waals surface area contributed by atoms with Crippen molar-refractivity contribution in [2.75, 3.05) is 6.54 Å². The fourth-order valence-corrected chi connectivity index (χ4v) is 1.82. The van der Waals surface area contributed by atoms with E-state index in [1.165, 1.54) is 12.8 Å². The summed E-state index contributed by atoms with van der Waals surface area (Å²) in [6, 6.07) is 0.662. The summed E-state index contributed by atoms with van der Waals surface area (Å²) in [5.41, 5.74) is 0. The molecule has 0 saturated carbocycles. The minimum Gasteiger partial charge on any atom is -0.497 e. The summed E-state index contributed by atoms with van der Waals surface area (Å²) < 4.78 is 5.47. The fraction of sp³-hybridized carbons (Fsp3) is 0.636. The highest BCUT2D eigenvalue weighted by Crippen LogP contribution is 2.12. The summed E-state index contributed by atoms with van der Waals surface area (Å²) in [6.07, 6.45) is 13.5. The van der Waals surface area contributed by atoms with E-state index in [4.69, 9.17) is 4.74 Å². The first kappa shape index (κ1) is 8.82. The smallest absolute Gasteiger partial charge is 0.110 e. The third-order valence-corrected chi connectivity index (χ3v) is 2.66. The predicted molar refractivity (Wildman–Crippen MR) is 53.4 cm³/mol. The molecule has 0 aromatic rings. The van der Waals surface area contributed by atoms with E-state index in [1.54, 1.807) is 0 Å². The third-order valence-electron chi connectivity index (χ3n) is 2.66. The van der Waals surface area contributed by atoms with Crippen LogP contribution < -0.4 is 5.32 Å². The number of ether oxygens (including phenoxy) is 1. The zero-order valence-electron chi connectivity index (χ0n) is 7.91. The molecule has 0 spiro atoms. The molecule has 2 rings (SSSR count). The summed E-state index contributed by atoms with van der Waals surface area (Å²) in [6.45, 7) is 0.997. The molecule has 0 aromatic heterocycles. The van der Waals surface area contributed by atoms with Crippen LogP contribution in [0.1, 0.15) is 25.7 Å². The minimum atomic E-state index is 0.394. The van der Waals surface area contributed by atoms with Gasteiger partial charge in [-0.25, -0.2) is 0 Å². The van der Waals surface area contributed by atoms with E-state index in [9.17, 15) is 0 Å². The van der Waals surface area contributed by atoms with Gasteiger partial charge in [0.2, 0.25) is 0 Å². The largest absolute Gasteiger partial charge is 0.497 e. The van der Waals surface area contributed by atoms with Crippen LogP contribution in [0.25, 0.3) is 0 Å². The monoisotopic (exact) mass is 179 g/mol. The average Bonchev–Trinajstić information content (AvgIpc) is 2.69. The zero-order chi connectivity index (χ0) is 8.93. The first-order valence-electron chi connectivity index (χ1n) is 5.14. The summed E-state index contributed by atoms with van der Waals surface area (Å²) >= 11 is 0. The van der Waals surface area contributed by atoms with Gasteiger partial charge in [0.05, 0.1) is 6.26 Å². The normalized spacial score (nSPS) is 27.8. The Balaban J connectivity index is 1.64. The summed E-state index contributed by atoms with van der Waals surface area (Å²) in [7, 11) is 0. The molecule has 0 radical (unpaired) electrons. The molecular weight excluding hydrogens is 162 g/mol. The molecule has 0 aromatic carbocycles. The van der Waals surface area contributed by atoms with Crippen molar-refractivity contribution in [1.29, 1.82) is 0 Å². The van der Waals surface area contributed by atoms with Gasteiger partial charge in [0.1, 0.15) is 6.10 Å². The van der Waals surface area contributed by atoms with Gasteiger partial charge in [0, 0.05) is 12.6 Å². The summed E-state index contributed by atoms with van der Waals surface area (Å²) in [5, 5.41) is 3.53. The highest BCUT2D eigenvalue weighted by Gasteiger charge is 2.14. The molecular formula is C11H17NO. The maximum Gasteiger partial charge on any atom is 0.110 e. The van der Waals surface area contributed by atoms with E-state index in [2.05, 4.69) is 23.5 Å². The van der Waals surface area contributed by atoms with Crippen molar-refractivity contribution in [1.82, 2.24) is 5.32 Å². The summed E-state index contributed by atoms with van der Waals surface area (Å²) in [4.78, 5) is 0. The topological polar surface area (TPSA) is 21.3 Å². The van der Waals surface area contributed by atoms with Crippen LogP contribution in [0.4, 0.5) is 0 Å². The lowest BCUT2D eigenvalue weighted by atomic mass is 10.1. The molecule has 1 heterocycles.